The second kappa shape index (κ2) is 7.92. The fourth-order valence-electron chi connectivity index (χ4n) is 2.03. The van der Waals surface area contributed by atoms with Crippen LogP contribution in [0.1, 0.15) is 48.4 Å². The van der Waals surface area contributed by atoms with Gasteiger partial charge in [-0.1, -0.05) is 37.6 Å². The Morgan fingerprint density at radius 2 is 2.00 bits per heavy atom. The second-order valence-electron chi connectivity index (χ2n) is 5.34. The number of hydrogen-bond acceptors (Lipinski definition) is 5. The van der Waals surface area contributed by atoms with E-state index in [0.717, 1.165) is 11.3 Å². The fraction of sp³-hybridized carbons (Fsp3) is 0.353. The number of rotatable bonds is 6. The zero-order chi connectivity index (χ0) is 16.8. The van der Waals surface area contributed by atoms with Crippen LogP contribution in [-0.2, 0) is 11.3 Å². The fourth-order valence-corrected chi connectivity index (χ4v) is 2.16. The molecule has 0 aliphatic rings. The van der Waals surface area contributed by atoms with E-state index in [4.69, 9.17) is 16.3 Å². The van der Waals surface area contributed by atoms with Crippen LogP contribution in [0.2, 0.25) is 5.02 Å². The maximum absolute atomic E-state index is 11.8. The minimum absolute atomic E-state index is 0.129. The molecule has 1 aromatic heterocycles. The van der Waals surface area contributed by atoms with E-state index in [1.165, 1.54) is 6.20 Å². The molecule has 2 aromatic rings. The van der Waals surface area contributed by atoms with Gasteiger partial charge in [0.05, 0.1) is 18.5 Å². The van der Waals surface area contributed by atoms with Crippen molar-refractivity contribution in [2.75, 3.05) is 11.9 Å². The standard InChI is InChI=1S/C17H20ClN3O2/c1-4-23-17(22)14-10-20-16(15(21-14)11(2)3)19-9-12-5-7-13(18)8-6-12/h5-8,10-11H,4,9H2,1-3H3,(H,19,20). The predicted octanol–water partition coefficient (Wildman–Crippen LogP) is 4.04. The van der Waals surface area contributed by atoms with Crippen molar-refractivity contribution in [3.63, 3.8) is 0 Å². The molecule has 0 aliphatic heterocycles. The number of anilines is 1. The van der Waals surface area contributed by atoms with Gasteiger partial charge in [0.15, 0.2) is 5.69 Å². The highest BCUT2D eigenvalue weighted by Crippen LogP contribution is 2.21. The number of halogens is 1. The zero-order valence-electron chi connectivity index (χ0n) is 13.5. The molecule has 0 spiro atoms. The molecule has 0 fully saturated rings. The Bertz CT molecular complexity index is 672. The van der Waals surface area contributed by atoms with Gasteiger partial charge >= 0.3 is 5.97 Å². The van der Waals surface area contributed by atoms with Crippen molar-refractivity contribution >= 4 is 23.4 Å². The molecule has 5 nitrogen and oxygen atoms in total. The van der Waals surface area contributed by atoms with Crippen molar-refractivity contribution in [2.45, 2.75) is 33.2 Å². The van der Waals surface area contributed by atoms with Crippen LogP contribution in [0, 0.1) is 0 Å². The number of ether oxygens (including phenoxy) is 1. The van der Waals surface area contributed by atoms with E-state index in [1.54, 1.807) is 6.92 Å². The molecule has 1 N–H and O–H groups in total. The first kappa shape index (κ1) is 17.2. The van der Waals surface area contributed by atoms with E-state index in [0.29, 0.717) is 24.0 Å². The van der Waals surface area contributed by atoms with Crippen molar-refractivity contribution in [3.8, 4) is 0 Å². The predicted molar refractivity (Wildman–Crippen MR) is 90.9 cm³/mol. The molecule has 0 bridgehead atoms. The number of benzene rings is 1. The number of nitrogens with one attached hydrogen (secondary N) is 1. The minimum Gasteiger partial charge on any atom is -0.461 e. The van der Waals surface area contributed by atoms with Crippen LogP contribution in [0.5, 0.6) is 0 Å². The Balaban J connectivity index is 2.17. The average Bonchev–Trinajstić information content (AvgIpc) is 2.54. The summed E-state index contributed by atoms with van der Waals surface area (Å²) in [6.07, 6.45) is 1.44. The lowest BCUT2D eigenvalue weighted by atomic mass is 10.1. The van der Waals surface area contributed by atoms with Crippen molar-refractivity contribution in [3.05, 3.63) is 52.4 Å². The summed E-state index contributed by atoms with van der Waals surface area (Å²) in [5.41, 5.74) is 2.05. The van der Waals surface area contributed by atoms with Crippen molar-refractivity contribution in [1.82, 2.24) is 9.97 Å². The summed E-state index contributed by atoms with van der Waals surface area (Å²) in [5.74, 6) is 0.346. The first-order chi connectivity index (χ1) is 11.0. The Kier molecular flexibility index (Phi) is 5.93. The van der Waals surface area contributed by atoms with Gasteiger partial charge in [-0.2, -0.15) is 0 Å². The number of esters is 1. The van der Waals surface area contributed by atoms with Gasteiger partial charge in [-0.25, -0.2) is 14.8 Å². The maximum Gasteiger partial charge on any atom is 0.358 e. The summed E-state index contributed by atoms with van der Waals surface area (Å²) in [4.78, 5) is 20.5. The van der Waals surface area contributed by atoms with Crippen molar-refractivity contribution < 1.29 is 9.53 Å². The molecule has 6 heteroatoms. The number of aromatic nitrogens is 2. The molecule has 0 amide bonds. The Labute approximate surface area is 141 Å². The molecular formula is C17H20ClN3O2. The molecule has 2 rings (SSSR count). The Hall–Kier alpha value is -2.14. The van der Waals surface area contributed by atoms with Gasteiger partial charge in [-0.15, -0.1) is 0 Å². The highest BCUT2D eigenvalue weighted by molar-refractivity contribution is 6.30. The largest absolute Gasteiger partial charge is 0.461 e. The monoisotopic (exact) mass is 333 g/mol. The number of carbonyl (C=O) groups excluding carboxylic acids is 1. The molecule has 0 aliphatic carbocycles. The molecule has 0 radical (unpaired) electrons. The van der Waals surface area contributed by atoms with Crippen LogP contribution in [0.4, 0.5) is 5.82 Å². The van der Waals surface area contributed by atoms with E-state index in [-0.39, 0.29) is 11.6 Å². The van der Waals surface area contributed by atoms with Crippen LogP contribution in [0.15, 0.2) is 30.5 Å². The van der Waals surface area contributed by atoms with Gasteiger partial charge in [-0.3, -0.25) is 0 Å². The van der Waals surface area contributed by atoms with Gasteiger partial charge in [0.2, 0.25) is 0 Å². The van der Waals surface area contributed by atoms with E-state index >= 15 is 0 Å². The third-order valence-electron chi connectivity index (χ3n) is 3.20. The summed E-state index contributed by atoms with van der Waals surface area (Å²) in [5, 5.41) is 3.96. The minimum atomic E-state index is -0.453. The summed E-state index contributed by atoms with van der Waals surface area (Å²) in [6.45, 7) is 6.69. The van der Waals surface area contributed by atoms with Crippen LogP contribution in [-0.4, -0.2) is 22.5 Å². The van der Waals surface area contributed by atoms with Crippen molar-refractivity contribution in [1.29, 1.82) is 0 Å². The molecule has 1 aromatic carbocycles. The first-order valence-electron chi connectivity index (χ1n) is 7.53. The maximum atomic E-state index is 11.8. The molecular weight excluding hydrogens is 314 g/mol. The van der Waals surface area contributed by atoms with Gasteiger partial charge in [0.25, 0.3) is 0 Å². The van der Waals surface area contributed by atoms with Gasteiger partial charge in [-0.05, 0) is 30.5 Å². The third-order valence-corrected chi connectivity index (χ3v) is 3.46. The van der Waals surface area contributed by atoms with Gasteiger partial charge in [0.1, 0.15) is 5.82 Å². The highest BCUT2D eigenvalue weighted by Gasteiger charge is 2.16. The number of carbonyl (C=O) groups is 1. The zero-order valence-corrected chi connectivity index (χ0v) is 14.2. The lowest BCUT2D eigenvalue weighted by Crippen LogP contribution is -2.13. The highest BCUT2D eigenvalue weighted by atomic mass is 35.5. The summed E-state index contributed by atoms with van der Waals surface area (Å²) < 4.78 is 4.97. The Morgan fingerprint density at radius 3 is 2.61 bits per heavy atom. The van der Waals surface area contributed by atoms with Crippen LogP contribution < -0.4 is 5.32 Å². The normalized spacial score (nSPS) is 10.7. The third kappa shape index (κ3) is 4.66. The molecule has 0 unspecified atom stereocenters. The van der Waals surface area contributed by atoms with E-state index < -0.39 is 5.97 Å². The van der Waals surface area contributed by atoms with Crippen LogP contribution in [0.3, 0.4) is 0 Å². The lowest BCUT2D eigenvalue weighted by molar-refractivity contribution is 0.0518. The molecule has 0 atom stereocenters. The second-order valence-corrected chi connectivity index (χ2v) is 5.78. The SMILES string of the molecule is CCOC(=O)c1cnc(NCc2ccc(Cl)cc2)c(C(C)C)n1. The van der Waals surface area contributed by atoms with Gasteiger partial charge < -0.3 is 10.1 Å². The summed E-state index contributed by atoms with van der Waals surface area (Å²) in [7, 11) is 0. The topological polar surface area (TPSA) is 64.1 Å². The molecule has 1 heterocycles. The lowest BCUT2D eigenvalue weighted by Gasteiger charge is -2.14. The summed E-state index contributed by atoms with van der Waals surface area (Å²) >= 11 is 5.88. The van der Waals surface area contributed by atoms with Crippen LogP contribution >= 0.6 is 11.6 Å². The van der Waals surface area contributed by atoms with Crippen LogP contribution in [0.25, 0.3) is 0 Å². The molecule has 0 saturated heterocycles. The smallest absolute Gasteiger partial charge is 0.358 e. The number of nitrogens with zero attached hydrogens (tertiary/aromatic N) is 2. The average molecular weight is 334 g/mol. The van der Waals surface area contributed by atoms with E-state index in [9.17, 15) is 4.79 Å². The van der Waals surface area contributed by atoms with E-state index in [1.807, 2.05) is 38.1 Å². The quantitative estimate of drug-likeness (QED) is 0.808. The molecule has 23 heavy (non-hydrogen) atoms. The first-order valence-corrected chi connectivity index (χ1v) is 7.91. The summed E-state index contributed by atoms with van der Waals surface area (Å²) in [6, 6.07) is 7.59. The molecule has 122 valence electrons. The Morgan fingerprint density at radius 1 is 1.30 bits per heavy atom. The van der Waals surface area contributed by atoms with Gasteiger partial charge in [0, 0.05) is 11.6 Å². The number of hydrogen-bond donors (Lipinski definition) is 1. The van der Waals surface area contributed by atoms with Crippen molar-refractivity contribution in [2.24, 2.45) is 0 Å². The molecule has 0 saturated carbocycles. The van der Waals surface area contributed by atoms with E-state index in [2.05, 4.69) is 15.3 Å².